The van der Waals surface area contributed by atoms with Gasteiger partial charge in [0.2, 0.25) is 0 Å². The van der Waals surface area contributed by atoms with Crippen LogP contribution in [0.15, 0.2) is 28.9 Å². The highest BCUT2D eigenvalue weighted by Gasteiger charge is 2.05. The molecule has 0 saturated heterocycles. The van der Waals surface area contributed by atoms with Crippen LogP contribution in [-0.4, -0.2) is 12.0 Å². The number of hydrogen-bond acceptors (Lipinski definition) is 3. The van der Waals surface area contributed by atoms with Crippen LogP contribution in [-0.2, 0) is 0 Å². The summed E-state index contributed by atoms with van der Waals surface area (Å²) in [5.41, 5.74) is 6.69. The fourth-order valence-electron chi connectivity index (χ4n) is 1.45. The van der Waals surface area contributed by atoms with Crippen molar-refractivity contribution >= 4 is 38.2 Å². The van der Waals surface area contributed by atoms with E-state index in [9.17, 15) is 0 Å². The Labute approximate surface area is 90.5 Å². The molecule has 0 unspecified atom stereocenters. The predicted octanol–water partition coefficient (Wildman–Crippen LogP) is 2.62. The molecule has 4 heteroatoms. The molecule has 2 aromatic rings. The minimum atomic E-state index is 0.751. The van der Waals surface area contributed by atoms with Crippen LogP contribution in [0.2, 0.25) is 0 Å². The van der Waals surface area contributed by atoms with Crippen LogP contribution < -0.4 is 11.1 Å². The highest BCUT2D eigenvalue weighted by atomic mass is 79.9. The molecule has 72 valence electrons. The van der Waals surface area contributed by atoms with E-state index in [1.54, 1.807) is 6.20 Å². The third-order valence-electron chi connectivity index (χ3n) is 2.17. The molecule has 0 fully saturated rings. The lowest BCUT2D eigenvalue weighted by molar-refractivity contribution is 1.32. The number of halogens is 1. The zero-order chi connectivity index (χ0) is 10.1. The van der Waals surface area contributed by atoms with Crippen molar-refractivity contribution in [3.63, 3.8) is 0 Å². The van der Waals surface area contributed by atoms with E-state index in [0.717, 1.165) is 26.8 Å². The molecule has 0 aliphatic rings. The fourth-order valence-corrected chi connectivity index (χ4v) is 1.80. The van der Waals surface area contributed by atoms with E-state index in [1.807, 2.05) is 25.2 Å². The highest BCUT2D eigenvalue weighted by molar-refractivity contribution is 9.10. The van der Waals surface area contributed by atoms with Gasteiger partial charge in [-0.25, -0.2) is 4.98 Å². The molecule has 14 heavy (non-hydrogen) atoms. The topological polar surface area (TPSA) is 50.9 Å². The molecule has 0 radical (unpaired) electrons. The number of nitrogens with two attached hydrogens (primary N) is 1. The smallest absolute Gasteiger partial charge is 0.133 e. The number of hydrogen-bond donors (Lipinski definition) is 2. The van der Waals surface area contributed by atoms with Crippen LogP contribution in [0.4, 0.5) is 11.5 Å². The summed E-state index contributed by atoms with van der Waals surface area (Å²) >= 11 is 3.40. The average molecular weight is 252 g/mol. The third-order valence-corrected chi connectivity index (χ3v) is 2.86. The lowest BCUT2D eigenvalue weighted by atomic mass is 10.1. The van der Waals surface area contributed by atoms with E-state index in [1.165, 1.54) is 0 Å². The lowest BCUT2D eigenvalue weighted by Crippen LogP contribution is -1.95. The molecule has 0 spiro atoms. The summed E-state index contributed by atoms with van der Waals surface area (Å²) in [6.07, 6.45) is 1.75. The first-order valence-corrected chi connectivity index (χ1v) is 5.04. The van der Waals surface area contributed by atoms with Crippen molar-refractivity contribution in [3.8, 4) is 0 Å². The van der Waals surface area contributed by atoms with Gasteiger partial charge in [0.05, 0.1) is 5.69 Å². The van der Waals surface area contributed by atoms with Crippen molar-refractivity contribution in [2.24, 2.45) is 0 Å². The SMILES string of the molecule is CNc1nccc2c(N)c(Br)ccc12. The molecule has 1 aromatic carbocycles. The van der Waals surface area contributed by atoms with Crippen LogP contribution in [0.3, 0.4) is 0 Å². The molecule has 1 heterocycles. The normalized spacial score (nSPS) is 10.4. The number of aromatic nitrogens is 1. The third kappa shape index (κ3) is 1.32. The van der Waals surface area contributed by atoms with E-state index in [-0.39, 0.29) is 0 Å². The molecule has 0 atom stereocenters. The largest absolute Gasteiger partial charge is 0.397 e. The zero-order valence-corrected chi connectivity index (χ0v) is 9.30. The van der Waals surface area contributed by atoms with Gasteiger partial charge in [0.15, 0.2) is 0 Å². The number of nitrogens with zero attached hydrogens (tertiary/aromatic N) is 1. The second-order valence-electron chi connectivity index (χ2n) is 2.97. The molecule has 0 aliphatic heterocycles. The van der Waals surface area contributed by atoms with Gasteiger partial charge in [0.1, 0.15) is 5.82 Å². The molecule has 2 rings (SSSR count). The van der Waals surface area contributed by atoms with Crippen molar-refractivity contribution in [2.45, 2.75) is 0 Å². The van der Waals surface area contributed by atoms with Gasteiger partial charge in [-0.3, -0.25) is 0 Å². The maximum absolute atomic E-state index is 5.94. The maximum Gasteiger partial charge on any atom is 0.133 e. The first-order valence-electron chi connectivity index (χ1n) is 4.24. The second-order valence-corrected chi connectivity index (χ2v) is 3.82. The second kappa shape index (κ2) is 3.46. The molecular weight excluding hydrogens is 242 g/mol. The first-order chi connectivity index (χ1) is 6.74. The summed E-state index contributed by atoms with van der Waals surface area (Å²) in [6, 6.07) is 5.84. The number of benzene rings is 1. The summed E-state index contributed by atoms with van der Waals surface area (Å²) in [6.45, 7) is 0. The summed E-state index contributed by atoms with van der Waals surface area (Å²) in [4.78, 5) is 4.21. The Balaban J connectivity index is 2.86. The predicted molar refractivity (Wildman–Crippen MR) is 63.4 cm³/mol. The minimum Gasteiger partial charge on any atom is -0.397 e. The van der Waals surface area contributed by atoms with Gasteiger partial charge < -0.3 is 11.1 Å². The first kappa shape index (κ1) is 9.27. The molecule has 3 nitrogen and oxygen atoms in total. The van der Waals surface area contributed by atoms with Crippen molar-refractivity contribution in [1.82, 2.24) is 4.98 Å². The standard InChI is InChI=1S/C10H10BrN3/c1-13-10-7-2-3-8(11)9(12)6(7)4-5-14-10/h2-5H,12H2,1H3,(H,13,14). The van der Waals surface area contributed by atoms with Gasteiger partial charge in [-0.15, -0.1) is 0 Å². The van der Waals surface area contributed by atoms with Gasteiger partial charge in [-0.1, -0.05) is 0 Å². The molecular formula is C10H10BrN3. The van der Waals surface area contributed by atoms with Crippen LogP contribution in [0, 0.1) is 0 Å². The molecule has 0 bridgehead atoms. The Kier molecular flexibility index (Phi) is 2.29. The van der Waals surface area contributed by atoms with Gasteiger partial charge in [0, 0.05) is 28.5 Å². The van der Waals surface area contributed by atoms with Crippen molar-refractivity contribution in [3.05, 3.63) is 28.9 Å². The summed E-state index contributed by atoms with van der Waals surface area (Å²) < 4.78 is 0.915. The van der Waals surface area contributed by atoms with Crippen molar-refractivity contribution in [2.75, 3.05) is 18.1 Å². The van der Waals surface area contributed by atoms with Crippen LogP contribution >= 0.6 is 15.9 Å². The Bertz CT molecular complexity index is 482. The van der Waals surface area contributed by atoms with E-state index in [0.29, 0.717) is 0 Å². The highest BCUT2D eigenvalue weighted by Crippen LogP contribution is 2.31. The number of nitrogens with one attached hydrogen (secondary N) is 1. The summed E-state index contributed by atoms with van der Waals surface area (Å²) in [5, 5.41) is 5.09. The number of rotatable bonds is 1. The van der Waals surface area contributed by atoms with E-state index in [2.05, 4.69) is 26.2 Å². The van der Waals surface area contributed by atoms with Crippen LogP contribution in [0.5, 0.6) is 0 Å². The summed E-state index contributed by atoms with van der Waals surface area (Å²) in [7, 11) is 1.85. The number of fused-ring (bicyclic) bond motifs is 1. The number of pyridine rings is 1. The average Bonchev–Trinajstić information content (AvgIpc) is 2.23. The minimum absolute atomic E-state index is 0.751. The molecule has 3 N–H and O–H groups in total. The van der Waals surface area contributed by atoms with Gasteiger partial charge in [-0.05, 0) is 34.1 Å². The van der Waals surface area contributed by atoms with Gasteiger partial charge >= 0.3 is 0 Å². The van der Waals surface area contributed by atoms with E-state index in [4.69, 9.17) is 5.73 Å². The van der Waals surface area contributed by atoms with E-state index < -0.39 is 0 Å². The van der Waals surface area contributed by atoms with Crippen molar-refractivity contribution < 1.29 is 0 Å². The zero-order valence-electron chi connectivity index (χ0n) is 7.71. The molecule has 0 saturated carbocycles. The molecule has 1 aromatic heterocycles. The Morgan fingerprint density at radius 2 is 2.07 bits per heavy atom. The number of anilines is 2. The Hall–Kier alpha value is -1.29. The monoisotopic (exact) mass is 251 g/mol. The Morgan fingerprint density at radius 3 is 2.79 bits per heavy atom. The molecule has 0 amide bonds. The quantitative estimate of drug-likeness (QED) is 0.767. The summed E-state index contributed by atoms with van der Waals surface area (Å²) in [5.74, 6) is 0.849. The van der Waals surface area contributed by atoms with Crippen molar-refractivity contribution in [1.29, 1.82) is 0 Å². The fraction of sp³-hybridized carbons (Fsp3) is 0.100. The van der Waals surface area contributed by atoms with Gasteiger partial charge in [0.25, 0.3) is 0 Å². The maximum atomic E-state index is 5.94. The van der Waals surface area contributed by atoms with Gasteiger partial charge in [-0.2, -0.15) is 0 Å². The van der Waals surface area contributed by atoms with E-state index >= 15 is 0 Å². The van der Waals surface area contributed by atoms with Crippen LogP contribution in [0.1, 0.15) is 0 Å². The molecule has 0 aliphatic carbocycles. The lowest BCUT2D eigenvalue weighted by Gasteiger charge is -2.07. The number of nitrogen functional groups attached to an aromatic ring is 1. The van der Waals surface area contributed by atoms with Crippen LogP contribution in [0.25, 0.3) is 10.8 Å². The Morgan fingerprint density at radius 1 is 1.29 bits per heavy atom.